The molecule has 0 spiro atoms. The van der Waals surface area contributed by atoms with Crippen molar-refractivity contribution in [1.29, 1.82) is 5.26 Å². The van der Waals surface area contributed by atoms with Crippen LogP contribution in [0.15, 0.2) is 91.3 Å². The number of hydrogen-bond donors (Lipinski definition) is 3. The molecule has 0 saturated carbocycles. The molecule has 0 aliphatic carbocycles. The number of anilines is 4. The van der Waals surface area contributed by atoms with Crippen molar-refractivity contribution in [2.75, 3.05) is 28.6 Å². The zero-order valence-electron chi connectivity index (χ0n) is 19.8. The van der Waals surface area contributed by atoms with Gasteiger partial charge in [0, 0.05) is 53.8 Å². The summed E-state index contributed by atoms with van der Waals surface area (Å²) in [5.74, 6) is -0.171. The molecule has 0 unspecified atom stereocenters. The highest BCUT2D eigenvalue weighted by Crippen LogP contribution is 2.24. The van der Waals surface area contributed by atoms with Crippen LogP contribution >= 0.6 is 0 Å². The minimum Gasteiger partial charge on any atom is -0.393 e. The number of nitrogens with zero attached hydrogens (tertiary/aromatic N) is 3. The summed E-state index contributed by atoms with van der Waals surface area (Å²) in [5.41, 5.74) is 5.40. The summed E-state index contributed by atoms with van der Waals surface area (Å²) >= 11 is 0. The number of nitrogens with one attached hydrogen (secondary N) is 2. The predicted octanol–water partition coefficient (Wildman–Crippen LogP) is 5.31. The van der Waals surface area contributed by atoms with Crippen molar-refractivity contribution in [2.45, 2.75) is 18.9 Å². The van der Waals surface area contributed by atoms with Gasteiger partial charge in [-0.3, -0.25) is 4.79 Å². The van der Waals surface area contributed by atoms with Gasteiger partial charge in [0.2, 0.25) is 0 Å². The Bertz CT molecular complexity index is 1360. The second kappa shape index (κ2) is 10.4. The first-order valence-corrected chi connectivity index (χ1v) is 12.0. The van der Waals surface area contributed by atoms with Crippen LogP contribution in [-0.2, 0) is 0 Å². The van der Waals surface area contributed by atoms with Gasteiger partial charge >= 0.3 is 0 Å². The van der Waals surface area contributed by atoms with E-state index >= 15 is 0 Å². The van der Waals surface area contributed by atoms with Gasteiger partial charge in [0.1, 0.15) is 6.07 Å². The number of aliphatic hydroxyl groups is 1. The van der Waals surface area contributed by atoms with E-state index in [0.29, 0.717) is 16.8 Å². The molecule has 1 saturated heterocycles. The highest BCUT2D eigenvalue weighted by molar-refractivity contribution is 6.04. The quantitative estimate of drug-likeness (QED) is 0.350. The van der Waals surface area contributed by atoms with Gasteiger partial charge in [-0.15, -0.1) is 0 Å². The lowest BCUT2D eigenvalue weighted by Crippen LogP contribution is -2.35. The number of rotatable bonds is 6. The van der Waals surface area contributed by atoms with Crippen LogP contribution in [0, 0.1) is 11.3 Å². The van der Waals surface area contributed by atoms with Crippen LogP contribution < -0.4 is 15.5 Å². The molecule has 4 aromatic rings. The van der Waals surface area contributed by atoms with Crippen molar-refractivity contribution in [3.05, 3.63) is 102 Å². The molecular weight excluding hydrogens is 450 g/mol. The third-order valence-corrected chi connectivity index (χ3v) is 6.39. The van der Waals surface area contributed by atoms with E-state index in [-0.39, 0.29) is 12.0 Å². The third kappa shape index (κ3) is 5.24. The number of piperidine rings is 1. The smallest absolute Gasteiger partial charge is 0.255 e. The zero-order valence-corrected chi connectivity index (χ0v) is 19.8. The summed E-state index contributed by atoms with van der Waals surface area (Å²) in [5, 5.41) is 25.5. The van der Waals surface area contributed by atoms with Gasteiger partial charge in [0.15, 0.2) is 0 Å². The Morgan fingerprint density at radius 1 is 0.889 bits per heavy atom. The summed E-state index contributed by atoms with van der Waals surface area (Å²) in [7, 11) is 0. The van der Waals surface area contributed by atoms with Crippen molar-refractivity contribution in [3.63, 3.8) is 0 Å². The van der Waals surface area contributed by atoms with Crippen LogP contribution in [0.4, 0.5) is 22.7 Å². The lowest BCUT2D eigenvalue weighted by molar-refractivity contribution is 0.102. The number of aliphatic hydroxyl groups excluding tert-OH is 1. The van der Waals surface area contributed by atoms with Crippen LogP contribution in [0.2, 0.25) is 0 Å². The van der Waals surface area contributed by atoms with Gasteiger partial charge in [-0.2, -0.15) is 5.26 Å². The Balaban J connectivity index is 1.20. The Kier molecular flexibility index (Phi) is 6.69. The van der Waals surface area contributed by atoms with Gasteiger partial charge in [-0.25, -0.2) is 0 Å². The van der Waals surface area contributed by atoms with E-state index in [1.807, 2.05) is 95.8 Å². The Labute approximate surface area is 210 Å². The molecule has 180 valence electrons. The monoisotopic (exact) mass is 477 g/mol. The Hall–Kier alpha value is -4.54. The fourth-order valence-electron chi connectivity index (χ4n) is 4.38. The van der Waals surface area contributed by atoms with Crippen molar-refractivity contribution < 1.29 is 9.90 Å². The van der Waals surface area contributed by atoms with Gasteiger partial charge in [-0.05, 0) is 91.7 Å². The lowest BCUT2D eigenvalue weighted by atomic mass is 10.1. The SMILES string of the molecule is N#Cc1cc(Nc2ccc(NC(=O)c3ccc(N4CCC(O)CC4)cc3)cc2)ccc1-n1cccc1. The van der Waals surface area contributed by atoms with E-state index in [2.05, 4.69) is 21.6 Å². The van der Waals surface area contributed by atoms with E-state index < -0.39 is 0 Å². The molecule has 1 aromatic heterocycles. The Morgan fingerprint density at radius 2 is 1.53 bits per heavy atom. The van der Waals surface area contributed by atoms with Crippen LogP contribution in [0.5, 0.6) is 0 Å². The second-order valence-corrected chi connectivity index (χ2v) is 8.86. The summed E-state index contributed by atoms with van der Waals surface area (Å²) < 4.78 is 1.91. The molecule has 0 bridgehead atoms. The maximum atomic E-state index is 12.7. The summed E-state index contributed by atoms with van der Waals surface area (Å²) in [6.45, 7) is 1.64. The summed E-state index contributed by atoms with van der Waals surface area (Å²) in [4.78, 5) is 14.9. The van der Waals surface area contributed by atoms with E-state index in [4.69, 9.17) is 0 Å². The molecule has 1 aliphatic rings. The first kappa shape index (κ1) is 23.2. The van der Waals surface area contributed by atoms with Gasteiger partial charge in [-0.1, -0.05) is 0 Å². The molecule has 2 heterocycles. The number of benzene rings is 3. The molecule has 7 heteroatoms. The fraction of sp³-hybridized carbons (Fsp3) is 0.172. The van der Waals surface area contributed by atoms with Gasteiger partial charge in [0.25, 0.3) is 5.91 Å². The molecule has 5 rings (SSSR count). The summed E-state index contributed by atoms with van der Waals surface area (Å²) in [6, 6.07) is 26.8. The number of aromatic nitrogens is 1. The molecule has 3 N–H and O–H groups in total. The molecule has 1 aliphatic heterocycles. The molecule has 0 atom stereocenters. The van der Waals surface area contributed by atoms with Crippen LogP contribution in [0.1, 0.15) is 28.8 Å². The minimum absolute atomic E-state index is 0.171. The van der Waals surface area contributed by atoms with Crippen LogP contribution in [-0.4, -0.2) is 34.8 Å². The summed E-state index contributed by atoms with van der Waals surface area (Å²) in [6.07, 6.45) is 5.15. The topological polar surface area (TPSA) is 93.3 Å². The first-order chi connectivity index (χ1) is 17.6. The van der Waals surface area contributed by atoms with Crippen molar-refractivity contribution in [3.8, 4) is 11.8 Å². The third-order valence-electron chi connectivity index (χ3n) is 6.39. The molecule has 1 amide bonds. The fourth-order valence-corrected chi connectivity index (χ4v) is 4.38. The molecular formula is C29H27N5O2. The van der Waals surface area contributed by atoms with Crippen molar-refractivity contribution in [2.24, 2.45) is 0 Å². The minimum atomic E-state index is -0.210. The molecule has 0 radical (unpaired) electrons. The number of hydrogen-bond acceptors (Lipinski definition) is 5. The maximum Gasteiger partial charge on any atom is 0.255 e. The second-order valence-electron chi connectivity index (χ2n) is 8.86. The molecule has 3 aromatic carbocycles. The number of carbonyl (C=O) groups is 1. The van der Waals surface area contributed by atoms with E-state index in [1.54, 1.807) is 0 Å². The average Bonchev–Trinajstić information content (AvgIpc) is 3.45. The standard InChI is InChI=1S/C29H27N5O2/c30-20-22-19-25(9-12-28(22)34-15-1-2-16-34)31-23-5-7-24(8-6-23)32-29(36)21-3-10-26(11-4-21)33-17-13-27(35)14-18-33/h1-12,15-16,19,27,31,35H,13-14,17-18H2,(H,32,36). The van der Waals surface area contributed by atoms with Crippen molar-refractivity contribution in [1.82, 2.24) is 4.57 Å². The maximum absolute atomic E-state index is 12.7. The highest BCUT2D eigenvalue weighted by Gasteiger charge is 2.17. The van der Waals surface area contributed by atoms with Crippen molar-refractivity contribution >= 4 is 28.7 Å². The molecule has 1 fully saturated rings. The normalized spacial score (nSPS) is 13.7. The zero-order chi connectivity index (χ0) is 24.9. The van der Waals surface area contributed by atoms with Gasteiger partial charge < -0.3 is 25.2 Å². The average molecular weight is 478 g/mol. The highest BCUT2D eigenvalue weighted by atomic mass is 16.3. The van der Waals surface area contributed by atoms with Crippen LogP contribution in [0.3, 0.4) is 0 Å². The molecule has 36 heavy (non-hydrogen) atoms. The number of amides is 1. The van der Waals surface area contributed by atoms with Crippen LogP contribution in [0.25, 0.3) is 5.69 Å². The van der Waals surface area contributed by atoms with E-state index in [0.717, 1.165) is 48.7 Å². The number of carbonyl (C=O) groups excluding carboxylic acids is 1. The Morgan fingerprint density at radius 3 is 2.19 bits per heavy atom. The number of nitriles is 1. The largest absolute Gasteiger partial charge is 0.393 e. The van der Waals surface area contributed by atoms with E-state index in [9.17, 15) is 15.2 Å². The predicted molar refractivity (Wildman–Crippen MR) is 142 cm³/mol. The first-order valence-electron chi connectivity index (χ1n) is 12.0. The molecule has 7 nitrogen and oxygen atoms in total. The van der Waals surface area contributed by atoms with Gasteiger partial charge in [0.05, 0.1) is 17.4 Å². The van der Waals surface area contributed by atoms with E-state index in [1.165, 1.54) is 0 Å². The lowest BCUT2D eigenvalue weighted by Gasteiger charge is -2.31.